The number of hydroxylamine groups is 2. The van der Waals surface area contributed by atoms with Crippen LogP contribution in [-0.4, -0.2) is 46.7 Å². The summed E-state index contributed by atoms with van der Waals surface area (Å²) in [5.41, 5.74) is 1.65. The molecule has 4 N–H and O–H groups in total. The molecule has 0 aromatic carbocycles. The number of hydrogen-bond acceptors (Lipinski definition) is 6. The molecule has 1 fully saturated rings. The van der Waals surface area contributed by atoms with Gasteiger partial charge in [0, 0.05) is 26.2 Å². The van der Waals surface area contributed by atoms with Crippen LogP contribution in [0, 0.1) is 17.8 Å². The number of hydrazine groups is 1. The molecule has 0 bridgehead atoms. The van der Waals surface area contributed by atoms with E-state index < -0.39 is 0 Å². The zero-order valence-corrected chi connectivity index (χ0v) is 13.4. The summed E-state index contributed by atoms with van der Waals surface area (Å²) in [6.45, 7) is 5.93. The molecule has 0 saturated heterocycles. The highest BCUT2D eigenvalue weighted by Gasteiger charge is 2.41. The molecule has 0 radical (unpaired) electrons. The van der Waals surface area contributed by atoms with Crippen molar-refractivity contribution in [3.63, 3.8) is 0 Å². The van der Waals surface area contributed by atoms with Crippen LogP contribution < -0.4 is 5.84 Å². The molecule has 124 valence electrons. The van der Waals surface area contributed by atoms with Crippen molar-refractivity contribution in [1.82, 2.24) is 10.1 Å². The maximum Gasteiger partial charge on any atom is 0.173 e. The van der Waals surface area contributed by atoms with Crippen molar-refractivity contribution in [3.05, 3.63) is 23.9 Å². The van der Waals surface area contributed by atoms with Gasteiger partial charge in [-0.1, -0.05) is 24.7 Å². The van der Waals surface area contributed by atoms with E-state index in [1.54, 1.807) is 13.1 Å². The van der Waals surface area contributed by atoms with Crippen LogP contribution >= 0.6 is 0 Å². The summed E-state index contributed by atoms with van der Waals surface area (Å²) in [7, 11) is 3.06. The lowest BCUT2D eigenvalue weighted by Gasteiger charge is -2.25. The van der Waals surface area contributed by atoms with Gasteiger partial charge in [0.1, 0.15) is 6.29 Å². The lowest BCUT2D eigenvalue weighted by molar-refractivity contribution is -0.108. The Labute approximate surface area is 131 Å². The summed E-state index contributed by atoms with van der Waals surface area (Å²) in [5.74, 6) is 7.01. The second kappa shape index (κ2) is 7.95. The second-order valence-corrected chi connectivity index (χ2v) is 5.78. The summed E-state index contributed by atoms with van der Waals surface area (Å²) < 4.78 is 0. The number of allylic oxidation sites excluding steroid dienone is 2. The Morgan fingerprint density at radius 1 is 1.55 bits per heavy atom. The van der Waals surface area contributed by atoms with E-state index in [-0.39, 0.29) is 18.2 Å². The van der Waals surface area contributed by atoms with Gasteiger partial charge in [0.25, 0.3) is 0 Å². The molecule has 1 aliphatic carbocycles. The fourth-order valence-electron chi connectivity index (χ4n) is 2.87. The van der Waals surface area contributed by atoms with Crippen LogP contribution in [0.5, 0.6) is 0 Å². The monoisotopic (exact) mass is 310 g/mol. The number of nitrogens with two attached hydrogens (primary N) is 1. The second-order valence-electron chi connectivity index (χ2n) is 5.78. The van der Waals surface area contributed by atoms with Gasteiger partial charge in [-0.25, -0.2) is 10.9 Å². The first kappa shape index (κ1) is 18.2. The molecule has 0 amide bonds. The highest BCUT2D eigenvalue weighted by Crippen LogP contribution is 2.49. The van der Waals surface area contributed by atoms with Crippen molar-refractivity contribution < 1.29 is 15.2 Å². The average molecular weight is 310 g/mol. The largest absolute Gasteiger partial charge is 0.409 e. The lowest BCUT2D eigenvalue weighted by Crippen LogP contribution is -2.32. The summed E-state index contributed by atoms with van der Waals surface area (Å²) in [4.78, 5) is 10.6. The molecule has 1 rings (SSSR count). The molecular formula is C15H26N4O3. The lowest BCUT2D eigenvalue weighted by atomic mass is 9.91. The first-order valence-corrected chi connectivity index (χ1v) is 7.28. The minimum atomic E-state index is 0.0825. The Balaban J connectivity index is 3.03. The molecule has 22 heavy (non-hydrogen) atoms. The van der Waals surface area contributed by atoms with E-state index in [2.05, 4.69) is 18.7 Å². The maximum atomic E-state index is 10.6. The van der Waals surface area contributed by atoms with Gasteiger partial charge in [0.15, 0.2) is 5.84 Å². The van der Waals surface area contributed by atoms with Crippen molar-refractivity contribution in [2.45, 2.75) is 26.2 Å². The van der Waals surface area contributed by atoms with Crippen molar-refractivity contribution in [2.24, 2.45) is 28.8 Å². The molecule has 7 nitrogen and oxygen atoms in total. The summed E-state index contributed by atoms with van der Waals surface area (Å²) >= 11 is 0. The van der Waals surface area contributed by atoms with E-state index in [1.807, 2.05) is 0 Å². The Bertz CT molecular complexity index is 471. The number of carbonyl (C=O) groups excluding carboxylic acids is 1. The third-order valence-electron chi connectivity index (χ3n) is 4.30. The summed E-state index contributed by atoms with van der Waals surface area (Å²) in [6, 6.07) is 0. The van der Waals surface area contributed by atoms with Gasteiger partial charge < -0.3 is 15.0 Å². The number of amidine groups is 1. The molecule has 0 spiro atoms. The fourth-order valence-corrected chi connectivity index (χ4v) is 2.87. The first-order valence-electron chi connectivity index (χ1n) is 7.28. The number of rotatable bonds is 8. The molecule has 1 aliphatic rings. The van der Waals surface area contributed by atoms with Gasteiger partial charge in [-0.05, 0) is 29.7 Å². The average Bonchev–Trinajstić information content (AvgIpc) is 3.21. The van der Waals surface area contributed by atoms with Gasteiger partial charge in [-0.2, -0.15) is 0 Å². The number of oxime groups is 1. The highest BCUT2D eigenvalue weighted by molar-refractivity contribution is 5.82. The van der Waals surface area contributed by atoms with Crippen molar-refractivity contribution in [2.75, 3.05) is 14.1 Å². The quantitative estimate of drug-likeness (QED) is 0.120. The molecule has 2 unspecified atom stereocenters. The third kappa shape index (κ3) is 4.32. The SMILES string of the molecule is C=C/C(=C(/C/C(=N/O)N(C)O)N(C)N)[C@H](C)C1CC1CC=O. The molecule has 0 heterocycles. The summed E-state index contributed by atoms with van der Waals surface area (Å²) in [6.07, 6.45) is 4.47. The van der Waals surface area contributed by atoms with E-state index in [0.29, 0.717) is 24.0 Å². The first-order chi connectivity index (χ1) is 10.4. The van der Waals surface area contributed by atoms with Crippen LogP contribution in [0.4, 0.5) is 0 Å². The summed E-state index contributed by atoms with van der Waals surface area (Å²) in [5, 5.41) is 23.7. The molecule has 0 aromatic rings. The number of hydrogen-bond donors (Lipinski definition) is 3. The molecular weight excluding hydrogens is 284 g/mol. The van der Waals surface area contributed by atoms with E-state index in [4.69, 9.17) is 11.0 Å². The van der Waals surface area contributed by atoms with Gasteiger partial charge >= 0.3 is 0 Å². The number of carbonyl (C=O) groups is 1. The van der Waals surface area contributed by atoms with Crippen LogP contribution in [0.2, 0.25) is 0 Å². The standard InChI is InChI=1S/C15H26N4O3/c1-5-12(10(2)13-8-11(13)6-7-20)14(18(3)16)9-15(17-21)19(4)22/h5,7,10-11,13,21-22H,1,6,8-9,16H2,2-4H3/b14-12+,17-15-/t10-,11?,13?/m0/s1. The predicted octanol–water partition coefficient (Wildman–Crippen LogP) is 1.59. The Kier molecular flexibility index (Phi) is 6.58. The topological polar surface area (TPSA) is 102 Å². The maximum absolute atomic E-state index is 10.6. The molecule has 3 atom stereocenters. The zero-order valence-electron chi connectivity index (χ0n) is 13.4. The van der Waals surface area contributed by atoms with E-state index in [0.717, 1.165) is 23.3 Å². The van der Waals surface area contributed by atoms with Crippen LogP contribution in [-0.2, 0) is 4.79 Å². The molecule has 0 aromatic heterocycles. The molecule has 7 heteroatoms. The molecule has 0 aliphatic heterocycles. The zero-order chi connectivity index (χ0) is 16.9. The van der Waals surface area contributed by atoms with Crippen molar-refractivity contribution in [3.8, 4) is 0 Å². The smallest absolute Gasteiger partial charge is 0.173 e. The van der Waals surface area contributed by atoms with Crippen LogP contribution in [0.15, 0.2) is 29.1 Å². The van der Waals surface area contributed by atoms with E-state index >= 15 is 0 Å². The Morgan fingerprint density at radius 3 is 2.59 bits per heavy atom. The van der Waals surface area contributed by atoms with Crippen molar-refractivity contribution in [1.29, 1.82) is 0 Å². The van der Waals surface area contributed by atoms with Crippen LogP contribution in [0.25, 0.3) is 0 Å². The van der Waals surface area contributed by atoms with Gasteiger partial charge in [0.05, 0.1) is 6.42 Å². The number of nitrogens with zero attached hydrogens (tertiary/aromatic N) is 3. The Morgan fingerprint density at radius 2 is 2.18 bits per heavy atom. The van der Waals surface area contributed by atoms with Crippen LogP contribution in [0.1, 0.15) is 26.2 Å². The number of aldehydes is 1. The van der Waals surface area contributed by atoms with Gasteiger partial charge in [-0.15, -0.1) is 0 Å². The van der Waals surface area contributed by atoms with E-state index in [1.165, 1.54) is 12.1 Å². The van der Waals surface area contributed by atoms with Crippen molar-refractivity contribution >= 4 is 12.1 Å². The van der Waals surface area contributed by atoms with Gasteiger partial charge in [0.2, 0.25) is 0 Å². The van der Waals surface area contributed by atoms with E-state index in [9.17, 15) is 10.0 Å². The normalized spacial score (nSPS) is 23.4. The predicted molar refractivity (Wildman–Crippen MR) is 84.0 cm³/mol. The van der Waals surface area contributed by atoms with Gasteiger partial charge in [-0.3, -0.25) is 5.21 Å². The minimum absolute atomic E-state index is 0.0825. The minimum Gasteiger partial charge on any atom is -0.409 e. The fraction of sp³-hybridized carbons (Fsp3) is 0.600. The van der Waals surface area contributed by atoms with Crippen LogP contribution in [0.3, 0.4) is 0 Å². The highest BCUT2D eigenvalue weighted by atomic mass is 16.5. The Hall–Kier alpha value is -1.86. The molecule has 1 saturated carbocycles. The third-order valence-corrected chi connectivity index (χ3v) is 4.30.